The highest BCUT2D eigenvalue weighted by Gasteiger charge is 2.19. The number of benzene rings is 1. The first-order valence-electron chi connectivity index (χ1n) is 6.12. The topological polar surface area (TPSA) is 119 Å². The number of nitrogens with two attached hydrogens (primary N) is 1. The minimum Gasteiger partial charge on any atom is -0.493 e. The number of aromatic carboxylic acids is 1. The molecule has 0 radical (unpaired) electrons. The van der Waals surface area contributed by atoms with Crippen molar-refractivity contribution < 1.29 is 23.1 Å². The van der Waals surface area contributed by atoms with Crippen molar-refractivity contribution in [3.8, 4) is 5.75 Å². The van der Waals surface area contributed by atoms with E-state index in [0.29, 0.717) is 6.61 Å². The lowest BCUT2D eigenvalue weighted by atomic mass is 10.2. The van der Waals surface area contributed by atoms with E-state index in [4.69, 9.17) is 15.6 Å². The Hall–Kier alpha value is -1.64. The van der Waals surface area contributed by atoms with Gasteiger partial charge in [-0.1, -0.05) is 6.92 Å². The fraction of sp³-hybridized carbons (Fsp3) is 0.417. The predicted molar refractivity (Wildman–Crippen MR) is 73.4 cm³/mol. The SMILES string of the molecule is CCCOc1ccc(S(=O)(=O)NCCN)cc1C(=O)O. The first kappa shape index (κ1) is 16.4. The van der Waals surface area contributed by atoms with E-state index in [1.807, 2.05) is 6.92 Å². The zero-order chi connectivity index (χ0) is 15.2. The number of carbonyl (C=O) groups is 1. The number of rotatable bonds is 8. The molecule has 0 aliphatic rings. The highest BCUT2D eigenvalue weighted by atomic mass is 32.2. The zero-order valence-corrected chi connectivity index (χ0v) is 11.9. The van der Waals surface area contributed by atoms with Crippen molar-refractivity contribution in [2.24, 2.45) is 5.73 Å². The molecule has 1 aromatic carbocycles. The lowest BCUT2D eigenvalue weighted by Crippen LogP contribution is -2.29. The van der Waals surface area contributed by atoms with E-state index in [0.717, 1.165) is 12.5 Å². The standard InChI is InChI=1S/C12H18N2O5S/c1-2-7-19-11-4-3-9(8-10(11)12(15)16)20(17,18)14-6-5-13/h3-4,8,14H,2,5-7,13H2,1H3,(H,15,16). The summed E-state index contributed by atoms with van der Waals surface area (Å²) in [4.78, 5) is 11.0. The fourth-order valence-electron chi connectivity index (χ4n) is 1.46. The van der Waals surface area contributed by atoms with E-state index in [1.165, 1.54) is 12.1 Å². The normalized spacial score (nSPS) is 11.3. The van der Waals surface area contributed by atoms with Crippen molar-refractivity contribution >= 4 is 16.0 Å². The molecular weight excluding hydrogens is 284 g/mol. The van der Waals surface area contributed by atoms with E-state index in [-0.39, 0.29) is 29.3 Å². The predicted octanol–water partition coefficient (Wildman–Crippen LogP) is 0.411. The second-order valence-corrected chi connectivity index (χ2v) is 5.76. The molecular formula is C12H18N2O5S. The molecule has 0 aliphatic carbocycles. The number of ether oxygens (including phenoxy) is 1. The maximum Gasteiger partial charge on any atom is 0.339 e. The molecule has 0 aromatic heterocycles. The van der Waals surface area contributed by atoms with Crippen LogP contribution in [0.15, 0.2) is 23.1 Å². The van der Waals surface area contributed by atoms with Crippen LogP contribution in [0.4, 0.5) is 0 Å². The van der Waals surface area contributed by atoms with Crippen molar-refractivity contribution in [1.29, 1.82) is 0 Å². The molecule has 0 spiro atoms. The summed E-state index contributed by atoms with van der Waals surface area (Å²) >= 11 is 0. The van der Waals surface area contributed by atoms with E-state index in [2.05, 4.69) is 4.72 Å². The minimum atomic E-state index is -3.76. The van der Waals surface area contributed by atoms with Gasteiger partial charge in [-0.05, 0) is 24.6 Å². The van der Waals surface area contributed by atoms with Gasteiger partial charge in [0.05, 0.1) is 11.5 Å². The Balaban J connectivity index is 3.13. The number of hydrogen-bond donors (Lipinski definition) is 3. The van der Waals surface area contributed by atoms with Gasteiger partial charge in [-0.2, -0.15) is 0 Å². The van der Waals surface area contributed by atoms with E-state index in [9.17, 15) is 13.2 Å². The van der Waals surface area contributed by atoms with Crippen LogP contribution in [-0.2, 0) is 10.0 Å². The van der Waals surface area contributed by atoms with Crippen LogP contribution < -0.4 is 15.2 Å². The molecule has 1 aromatic rings. The van der Waals surface area contributed by atoms with Crippen LogP contribution in [0.25, 0.3) is 0 Å². The van der Waals surface area contributed by atoms with Crippen LogP contribution in [0.1, 0.15) is 23.7 Å². The summed E-state index contributed by atoms with van der Waals surface area (Å²) in [6.45, 7) is 2.48. The van der Waals surface area contributed by atoms with Crippen molar-refractivity contribution in [2.75, 3.05) is 19.7 Å². The monoisotopic (exact) mass is 302 g/mol. The first-order valence-corrected chi connectivity index (χ1v) is 7.60. The molecule has 20 heavy (non-hydrogen) atoms. The Morgan fingerprint density at radius 3 is 2.70 bits per heavy atom. The quantitative estimate of drug-likeness (QED) is 0.640. The summed E-state index contributed by atoms with van der Waals surface area (Å²) in [5.41, 5.74) is 5.04. The fourth-order valence-corrected chi connectivity index (χ4v) is 2.53. The molecule has 0 amide bonds. The van der Waals surface area contributed by atoms with Gasteiger partial charge in [0.2, 0.25) is 10.0 Å². The van der Waals surface area contributed by atoms with Crippen molar-refractivity contribution in [1.82, 2.24) is 4.72 Å². The van der Waals surface area contributed by atoms with E-state index >= 15 is 0 Å². The molecule has 112 valence electrons. The maximum absolute atomic E-state index is 11.9. The number of sulfonamides is 1. The molecule has 0 fully saturated rings. The largest absolute Gasteiger partial charge is 0.493 e. The Labute approximate surface area is 117 Å². The van der Waals surface area contributed by atoms with Crippen molar-refractivity contribution in [3.05, 3.63) is 23.8 Å². The van der Waals surface area contributed by atoms with Crippen LogP contribution in [0, 0.1) is 0 Å². The maximum atomic E-state index is 11.9. The summed E-state index contributed by atoms with van der Waals surface area (Å²) in [5, 5.41) is 9.12. The summed E-state index contributed by atoms with van der Waals surface area (Å²) < 4.78 is 31.3. The summed E-state index contributed by atoms with van der Waals surface area (Å²) in [6, 6.07) is 3.72. The Bertz CT molecular complexity index is 571. The van der Waals surface area contributed by atoms with Gasteiger partial charge in [0.15, 0.2) is 0 Å². The van der Waals surface area contributed by atoms with Crippen molar-refractivity contribution in [3.63, 3.8) is 0 Å². The Morgan fingerprint density at radius 2 is 2.15 bits per heavy atom. The van der Waals surface area contributed by atoms with E-state index in [1.54, 1.807) is 0 Å². The van der Waals surface area contributed by atoms with Crippen LogP contribution in [0.3, 0.4) is 0 Å². The van der Waals surface area contributed by atoms with Crippen LogP contribution in [-0.4, -0.2) is 39.2 Å². The Kier molecular flexibility index (Phi) is 5.93. The third-order valence-electron chi connectivity index (χ3n) is 2.39. The van der Waals surface area contributed by atoms with Crippen LogP contribution in [0.2, 0.25) is 0 Å². The Morgan fingerprint density at radius 1 is 1.45 bits per heavy atom. The number of hydrogen-bond acceptors (Lipinski definition) is 5. The van der Waals surface area contributed by atoms with Gasteiger partial charge in [0.25, 0.3) is 0 Å². The average Bonchev–Trinajstić information content (AvgIpc) is 2.42. The molecule has 0 heterocycles. The molecule has 0 saturated carbocycles. The number of carboxylic acid groups (broad SMARTS) is 1. The van der Waals surface area contributed by atoms with Gasteiger partial charge in [-0.3, -0.25) is 0 Å². The molecule has 4 N–H and O–H groups in total. The first-order chi connectivity index (χ1) is 9.42. The van der Waals surface area contributed by atoms with Crippen molar-refractivity contribution in [2.45, 2.75) is 18.2 Å². The second kappa shape index (κ2) is 7.22. The summed E-state index contributed by atoms with van der Waals surface area (Å²) in [5.74, 6) is -1.09. The van der Waals surface area contributed by atoms with Gasteiger partial charge in [0.1, 0.15) is 11.3 Å². The zero-order valence-electron chi connectivity index (χ0n) is 11.1. The van der Waals surface area contributed by atoms with Crippen LogP contribution in [0.5, 0.6) is 5.75 Å². The molecule has 0 bridgehead atoms. The lowest BCUT2D eigenvalue weighted by Gasteiger charge is -2.11. The van der Waals surface area contributed by atoms with Gasteiger partial charge in [-0.15, -0.1) is 0 Å². The number of nitrogens with one attached hydrogen (secondary N) is 1. The molecule has 1 rings (SSSR count). The summed E-state index contributed by atoms with van der Waals surface area (Å²) in [6.07, 6.45) is 0.719. The second-order valence-electron chi connectivity index (χ2n) is 4.00. The molecule has 7 nitrogen and oxygen atoms in total. The molecule has 0 aliphatic heterocycles. The van der Waals surface area contributed by atoms with Gasteiger partial charge in [0, 0.05) is 13.1 Å². The molecule has 0 unspecified atom stereocenters. The molecule has 0 atom stereocenters. The molecule has 8 heteroatoms. The molecule has 0 saturated heterocycles. The smallest absolute Gasteiger partial charge is 0.339 e. The third-order valence-corrected chi connectivity index (χ3v) is 3.85. The van der Waals surface area contributed by atoms with Crippen LogP contribution >= 0.6 is 0 Å². The van der Waals surface area contributed by atoms with Gasteiger partial charge >= 0.3 is 5.97 Å². The van der Waals surface area contributed by atoms with E-state index < -0.39 is 16.0 Å². The third kappa shape index (κ3) is 4.19. The lowest BCUT2D eigenvalue weighted by molar-refractivity contribution is 0.0692. The summed E-state index contributed by atoms with van der Waals surface area (Å²) in [7, 11) is -3.76. The van der Waals surface area contributed by atoms with Gasteiger partial charge in [-0.25, -0.2) is 17.9 Å². The highest BCUT2D eigenvalue weighted by molar-refractivity contribution is 7.89. The van der Waals surface area contributed by atoms with Gasteiger partial charge < -0.3 is 15.6 Å². The minimum absolute atomic E-state index is 0.0822. The highest BCUT2D eigenvalue weighted by Crippen LogP contribution is 2.23. The average molecular weight is 302 g/mol. The number of carboxylic acids is 1.